The summed E-state index contributed by atoms with van der Waals surface area (Å²) < 4.78 is 76.2. The average Bonchev–Trinajstić information content (AvgIpc) is 2.84. The van der Waals surface area contributed by atoms with Crippen LogP contribution in [0, 0.1) is 6.92 Å². The van der Waals surface area contributed by atoms with Crippen LogP contribution in [0.3, 0.4) is 0 Å². The molecule has 0 aliphatic carbocycles. The summed E-state index contributed by atoms with van der Waals surface area (Å²) in [6.45, 7) is 13.9. The molecule has 1 heterocycles. The molecule has 2 aromatic carbocycles. The first kappa shape index (κ1) is 31.1. The lowest BCUT2D eigenvalue weighted by Crippen LogP contribution is -2.54. The van der Waals surface area contributed by atoms with E-state index in [1.807, 2.05) is 25.1 Å². The van der Waals surface area contributed by atoms with E-state index in [0.29, 0.717) is 31.6 Å². The van der Waals surface area contributed by atoms with E-state index in [9.17, 15) is 26.4 Å². The first-order chi connectivity index (χ1) is 17.9. The minimum atomic E-state index is -4.85. The van der Waals surface area contributed by atoms with Crippen molar-refractivity contribution >= 4 is 24.3 Å². The first-order valence-corrected chi connectivity index (χ1v) is 17.0. The van der Waals surface area contributed by atoms with E-state index in [-0.39, 0.29) is 23.2 Å². The molecule has 1 aliphatic rings. The predicted octanol–water partition coefficient (Wildman–Crippen LogP) is 5.39. The Morgan fingerprint density at radius 2 is 1.79 bits per heavy atom. The Bertz CT molecular complexity index is 1320. The Morgan fingerprint density at radius 1 is 1.13 bits per heavy atom. The van der Waals surface area contributed by atoms with Crippen molar-refractivity contribution in [3.63, 3.8) is 0 Å². The van der Waals surface area contributed by atoms with Crippen molar-refractivity contribution in [3.8, 4) is 5.75 Å². The quantitative estimate of drug-likeness (QED) is 0.346. The third-order valence-corrected chi connectivity index (χ3v) is 13.1. The highest BCUT2D eigenvalue weighted by Gasteiger charge is 2.39. The van der Waals surface area contributed by atoms with Crippen LogP contribution in [0.25, 0.3) is 0 Å². The van der Waals surface area contributed by atoms with Gasteiger partial charge in [0.2, 0.25) is 8.32 Å². The van der Waals surface area contributed by atoms with Gasteiger partial charge in [0, 0.05) is 31.2 Å². The van der Waals surface area contributed by atoms with Crippen LogP contribution in [0.2, 0.25) is 18.1 Å². The first-order valence-electron chi connectivity index (χ1n) is 12.7. The molecule has 0 aromatic heterocycles. The van der Waals surface area contributed by atoms with E-state index in [1.54, 1.807) is 0 Å². The lowest BCUT2D eigenvalue weighted by molar-refractivity contribution is -0.137. The number of halogens is 3. The van der Waals surface area contributed by atoms with Crippen molar-refractivity contribution in [1.82, 2.24) is 10.2 Å². The standard InChI is InChI=1S/C27H37F3N2O5SSi/c1-18-8-9-19(13-24(18)37-39(6,7)26(2,3)4)12-22-17-31-10-11-32(22)25(33)20-14-21(27(28,29)30)16-23(15-20)38(34,35)36-5/h8-9,13-16,22,31H,10-12,17H2,1-7H3/t22-/m1/s1. The lowest BCUT2D eigenvalue weighted by Gasteiger charge is -2.38. The molecule has 1 fully saturated rings. The number of rotatable bonds is 7. The monoisotopic (exact) mass is 586 g/mol. The van der Waals surface area contributed by atoms with Gasteiger partial charge in [-0.05, 0) is 66.9 Å². The predicted molar refractivity (Wildman–Crippen MR) is 146 cm³/mol. The molecule has 1 saturated heterocycles. The molecule has 12 heteroatoms. The topological polar surface area (TPSA) is 84.9 Å². The van der Waals surface area contributed by atoms with Crippen molar-refractivity contribution in [3.05, 3.63) is 58.7 Å². The molecule has 216 valence electrons. The van der Waals surface area contributed by atoms with Crippen molar-refractivity contribution in [2.75, 3.05) is 26.7 Å². The summed E-state index contributed by atoms with van der Waals surface area (Å²) >= 11 is 0. The van der Waals surface area contributed by atoms with Crippen LogP contribution in [0.4, 0.5) is 13.2 Å². The molecule has 0 radical (unpaired) electrons. The van der Waals surface area contributed by atoms with E-state index in [0.717, 1.165) is 30.1 Å². The summed E-state index contributed by atoms with van der Waals surface area (Å²) in [7, 11) is -5.70. The Morgan fingerprint density at radius 3 is 2.38 bits per heavy atom. The van der Waals surface area contributed by atoms with E-state index < -0.39 is 41.0 Å². The van der Waals surface area contributed by atoms with Gasteiger partial charge in [-0.25, -0.2) is 0 Å². The number of nitrogens with one attached hydrogen (secondary N) is 1. The highest BCUT2D eigenvalue weighted by atomic mass is 32.2. The van der Waals surface area contributed by atoms with Gasteiger partial charge >= 0.3 is 6.18 Å². The van der Waals surface area contributed by atoms with E-state index >= 15 is 0 Å². The highest BCUT2D eigenvalue weighted by molar-refractivity contribution is 7.86. The molecule has 7 nitrogen and oxygen atoms in total. The molecule has 1 N–H and O–H groups in total. The zero-order valence-corrected chi connectivity index (χ0v) is 25.2. The smallest absolute Gasteiger partial charge is 0.416 e. The summed E-state index contributed by atoms with van der Waals surface area (Å²) in [6.07, 6.45) is -4.41. The number of carbonyl (C=O) groups excluding carboxylic acids is 1. The summed E-state index contributed by atoms with van der Waals surface area (Å²) in [5, 5.41) is 3.25. The molecule has 0 unspecified atom stereocenters. The Labute approximate surface area is 229 Å². The van der Waals surface area contributed by atoms with Crippen LogP contribution in [-0.2, 0) is 26.9 Å². The molecular formula is C27H37F3N2O5SSi. The Kier molecular flexibility index (Phi) is 8.96. The molecule has 1 amide bonds. The molecule has 1 atom stereocenters. The van der Waals surface area contributed by atoms with Crippen LogP contribution in [0.5, 0.6) is 5.75 Å². The van der Waals surface area contributed by atoms with Crippen LogP contribution in [0.1, 0.15) is 47.8 Å². The van der Waals surface area contributed by atoms with Gasteiger partial charge in [-0.2, -0.15) is 21.6 Å². The van der Waals surface area contributed by atoms with Crippen LogP contribution in [-0.4, -0.2) is 60.3 Å². The maximum atomic E-state index is 13.6. The second-order valence-corrected chi connectivity index (χ2v) is 17.8. The van der Waals surface area contributed by atoms with Crippen LogP contribution in [0.15, 0.2) is 41.3 Å². The van der Waals surface area contributed by atoms with Gasteiger partial charge in [-0.3, -0.25) is 8.98 Å². The van der Waals surface area contributed by atoms with Gasteiger partial charge in [0.15, 0.2) is 0 Å². The van der Waals surface area contributed by atoms with Gasteiger partial charge in [0.05, 0.1) is 17.6 Å². The number of hydrogen-bond donors (Lipinski definition) is 1. The second-order valence-electron chi connectivity index (χ2n) is 11.4. The zero-order chi connectivity index (χ0) is 29.4. The number of piperazine rings is 1. The second kappa shape index (κ2) is 11.2. The molecule has 3 rings (SSSR count). The van der Waals surface area contributed by atoms with Crippen molar-refractivity contribution < 1.29 is 35.0 Å². The number of benzene rings is 2. The Balaban J connectivity index is 1.94. The maximum Gasteiger partial charge on any atom is 0.416 e. The normalized spacial score (nSPS) is 17.3. The van der Waals surface area contributed by atoms with E-state index in [2.05, 4.69) is 43.4 Å². The number of hydrogen-bond acceptors (Lipinski definition) is 6. The number of carbonyl (C=O) groups is 1. The summed E-state index contributed by atoms with van der Waals surface area (Å²) in [4.78, 5) is 14.3. The molecule has 0 spiro atoms. The van der Waals surface area contributed by atoms with Gasteiger partial charge in [0.1, 0.15) is 5.75 Å². The van der Waals surface area contributed by atoms with E-state index in [1.165, 1.54) is 4.90 Å². The van der Waals surface area contributed by atoms with Crippen LogP contribution >= 0.6 is 0 Å². The summed E-state index contributed by atoms with van der Waals surface area (Å²) in [5.74, 6) is 0.109. The molecule has 0 bridgehead atoms. The van der Waals surface area contributed by atoms with E-state index in [4.69, 9.17) is 4.43 Å². The number of nitrogens with zero attached hydrogens (tertiary/aromatic N) is 1. The molecule has 1 aliphatic heterocycles. The molecule has 2 aromatic rings. The number of aryl methyl sites for hydroxylation is 1. The van der Waals surface area contributed by atoms with Gasteiger partial charge in [0.25, 0.3) is 16.0 Å². The summed E-state index contributed by atoms with van der Waals surface area (Å²) in [6, 6.07) is 7.63. The fraction of sp³-hybridized carbons (Fsp3) is 0.519. The SMILES string of the molecule is COS(=O)(=O)c1cc(C(=O)N2CCNC[C@H]2Cc2ccc(C)c(O[Si](C)(C)C(C)(C)C)c2)cc(C(F)(F)F)c1. The third kappa shape index (κ3) is 7.22. The molecule has 39 heavy (non-hydrogen) atoms. The van der Waals surface area contributed by atoms with Crippen molar-refractivity contribution in [2.45, 2.75) is 69.4 Å². The van der Waals surface area contributed by atoms with Crippen molar-refractivity contribution in [2.24, 2.45) is 0 Å². The third-order valence-electron chi connectivity index (χ3n) is 7.50. The molecular weight excluding hydrogens is 549 g/mol. The zero-order valence-electron chi connectivity index (χ0n) is 23.4. The van der Waals surface area contributed by atoms with Gasteiger partial charge in [-0.1, -0.05) is 32.9 Å². The fourth-order valence-corrected chi connectivity index (χ4v) is 5.90. The highest BCUT2D eigenvalue weighted by Crippen LogP contribution is 2.38. The Hall–Kier alpha value is -2.41. The largest absolute Gasteiger partial charge is 0.543 e. The van der Waals surface area contributed by atoms with Crippen molar-refractivity contribution in [1.29, 1.82) is 0 Å². The minimum Gasteiger partial charge on any atom is -0.543 e. The fourth-order valence-electron chi connectivity index (χ4n) is 4.08. The summed E-state index contributed by atoms with van der Waals surface area (Å²) in [5.41, 5.74) is 0.321. The van der Waals surface area contributed by atoms with Crippen LogP contribution < -0.4 is 9.74 Å². The number of amides is 1. The maximum absolute atomic E-state index is 13.6. The number of alkyl halides is 3. The lowest BCUT2D eigenvalue weighted by atomic mass is 10.00. The average molecular weight is 587 g/mol. The minimum absolute atomic E-state index is 0.00601. The van der Waals surface area contributed by atoms with Gasteiger partial charge in [-0.15, -0.1) is 0 Å². The van der Waals surface area contributed by atoms with Gasteiger partial charge < -0.3 is 14.6 Å². The molecule has 0 saturated carbocycles.